The SMILES string of the molecule is COc1c2ccccc2nc2oc(C(C)O)cc12. The van der Waals surface area contributed by atoms with Crippen molar-refractivity contribution in [1.29, 1.82) is 0 Å². The molecule has 0 aliphatic heterocycles. The molecule has 0 fully saturated rings. The third kappa shape index (κ3) is 1.54. The Kier molecular flexibility index (Phi) is 2.45. The molecule has 0 spiro atoms. The minimum atomic E-state index is -0.660. The number of aliphatic hydroxyl groups is 1. The number of para-hydroxylation sites is 1. The van der Waals surface area contributed by atoms with Gasteiger partial charge in [-0.3, -0.25) is 0 Å². The van der Waals surface area contributed by atoms with Gasteiger partial charge in [0, 0.05) is 5.39 Å². The van der Waals surface area contributed by atoms with Crippen LogP contribution in [-0.4, -0.2) is 17.2 Å². The molecule has 92 valence electrons. The molecule has 1 N–H and O–H groups in total. The standard InChI is InChI=1S/C14H13NO3/c1-8(16)12-7-10-13(17-2)9-5-3-4-6-11(9)15-14(10)18-12/h3-8,16H,1-2H3. The van der Waals surface area contributed by atoms with E-state index in [9.17, 15) is 5.11 Å². The second-order valence-electron chi connectivity index (χ2n) is 4.21. The lowest BCUT2D eigenvalue weighted by Crippen LogP contribution is -1.88. The lowest BCUT2D eigenvalue weighted by molar-refractivity contribution is 0.172. The van der Waals surface area contributed by atoms with Gasteiger partial charge in [-0.1, -0.05) is 12.1 Å². The Bertz CT molecular complexity index is 715. The molecule has 2 heterocycles. The van der Waals surface area contributed by atoms with Gasteiger partial charge in [-0.05, 0) is 25.1 Å². The van der Waals surface area contributed by atoms with E-state index in [-0.39, 0.29) is 0 Å². The Morgan fingerprint density at radius 1 is 1.28 bits per heavy atom. The number of fused-ring (bicyclic) bond motifs is 2. The van der Waals surface area contributed by atoms with Crippen LogP contribution in [0, 0.1) is 0 Å². The predicted octanol–water partition coefficient (Wildman–Crippen LogP) is 3.04. The molecule has 1 unspecified atom stereocenters. The maximum atomic E-state index is 9.56. The smallest absolute Gasteiger partial charge is 0.230 e. The Balaban J connectivity index is 2.42. The number of hydrogen-bond donors (Lipinski definition) is 1. The zero-order valence-electron chi connectivity index (χ0n) is 10.2. The lowest BCUT2D eigenvalue weighted by atomic mass is 10.1. The normalized spacial score (nSPS) is 13.1. The van der Waals surface area contributed by atoms with Crippen molar-refractivity contribution in [3.05, 3.63) is 36.1 Å². The molecule has 0 amide bonds. The summed E-state index contributed by atoms with van der Waals surface area (Å²) in [7, 11) is 1.62. The summed E-state index contributed by atoms with van der Waals surface area (Å²) in [5.74, 6) is 1.22. The van der Waals surface area contributed by atoms with Gasteiger partial charge in [0.25, 0.3) is 0 Å². The van der Waals surface area contributed by atoms with E-state index >= 15 is 0 Å². The van der Waals surface area contributed by atoms with Crippen molar-refractivity contribution in [2.45, 2.75) is 13.0 Å². The molecule has 0 radical (unpaired) electrons. The monoisotopic (exact) mass is 243 g/mol. The first kappa shape index (κ1) is 11.0. The molecule has 0 bridgehead atoms. The average molecular weight is 243 g/mol. The van der Waals surface area contributed by atoms with E-state index in [4.69, 9.17) is 9.15 Å². The fraction of sp³-hybridized carbons (Fsp3) is 0.214. The van der Waals surface area contributed by atoms with Crippen LogP contribution >= 0.6 is 0 Å². The van der Waals surface area contributed by atoms with Gasteiger partial charge in [0.2, 0.25) is 5.71 Å². The van der Waals surface area contributed by atoms with Gasteiger partial charge in [-0.25, -0.2) is 4.98 Å². The molecule has 0 saturated carbocycles. The summed E-state index contributed by atoms with van der Waals surface area (Å²) in [6.07, 6.45) is -0.660. The Hall–Kier alpha value is -2.07. The van der Waals surface area contributed by atoms with Crippen LogP contribution in [0.25, 0.3) is 22.0 Å². The minimum absolute atomic E-state index is 0.487. The first-order chi connectivity index (χ1) is 8.70. The van der Waals surface area contributed by atoms with E-state index in [2.05, 4.69) is 4.98 Å². The fourth-order valence-electron chi connectivity index (χ4n) is 2.09. The second kappa shape index (κ2) is 3.99. The summed E-state index contributed by atoms with van der Waals surface area (Å²) in [5.41, 5.74) is 1.30. The number of methoxy groups -OCH3 is 1. The highest BCUT2D eigenvalue weighted by atomic mass is 16.5. The highest BCUT2D eigenvalue weighted by molar-refractivity contribution is 5.99. The summed E-state index contributed by atoms with van der Waals surface area (Å²) < 4.78 is 11.0. The summed E-state index contributed by atoms with van der Waals surface area (Å²) in [6, 6.07) is 9.49. The Morgan fingerprint density at radius 2 is 2.06 bits per heavy atom. The van der Waals surface area contributed by atoms with Crippen molar-refractivity contribution in [2.24, 2.45) is 0 Å². The van der Waals surface area contributed by atoms with Gasteiger partial charge in [-0.15, -0.1) is 0 Å². The summed E-state index contributed by atoms with van der Waals surface area (Å²) in [6.45, 7) is 1.66. The van der Waals surface area contributed by atoms with Crippen molar-refractivity contribution in [2.75, 3.05) is 7.11 Å². The van der Waals surface area contributed by atoms with Crippen LogP contribution < -0.4 is 4.74 Å². The number of aromatic nitrogens is 1. The van der Waals surface area contributed by atoms with Gasteiger partial charge in [0.05, 0.1) is 18.0 Å². The quantitative estimate of drug-likeness (QED) is 0.751. The average Bonchev–Trinajstić information content (AvgIpc) is 2.79. The first-order valence-corrected chi connectivity index (χ1v) is 5.75. The molecule has 1 aromatic carbocycles. The van der Waals surface area contributed by atoms with Gasteiger partial charge < -0.3 is 14.3 Å². The third-order valence-corrected chi connectivity index (χ3v) is 2.96. The predicted molar refractivity (Wildman–Crippen MR) is 68.7 cm³/mol. The van der Waals surface area contributed by atoms with Crippen LogP contribution in [0.2, 0.25) is 0 Å². The zero-order valence-corrected chi connectivity index (χ0v) is 10.2. The number of ether oxygens (including phenoxy) is 1. The number of benzene rings is 1. The van der Waals surface area contributed by atoms with Gasteiger partial charge in [0.15, 0.2) is 0 Å². The topological polar surface area (TPSA) is 55.5 Å². The van der Waals surface area contributed by atoms with E-state index < -0.39 is 6.10 Å². The van der Waals surface area contributed by atoms with Crippen LogP contribution in [0.3, 0.4) is 0 Å². The maximum absolute atomic E-state index is 9.56. The molecule has 4 nitrogen and oxygen atoms in total. The van der Waals surface area contributed by atoms with Crippen LogP contribution in [0.1, 0.15) is 18.8 Å². The largest absolute Gasteiger partial charge is 0.495 e. The van der Waals surface area contributed by atoms with E-state index in [0.717, 1.165) is 22.0 Å². The van der Waals surface area contributed by atoms with Crippen LogP contribution in [0.4, 0.5) is 0 Å². The molecule has 0 saturated heterocycles. The van der Waals surface area contributed by atoms with Crippen molar-refractivity contribution in [3.8, 4) is 5.75 Å². The van der Waals surface area contributed by atoms with Crippen LogP contribution in [0.5, 0.6) is 5.75 Å². The van der Waals surface area contributed by atoms with E-state index in [1.165, 1.54) is 0 Å². The number of nitrogens with zero attached hydrogens (tertiary/aromatic N) is 1. The lowest BCUT2D eigenvalue weighted by Gasteiger charge is -2.05. The van der Waals surface area contributed by atoms with Gasteiger partial charge in [0.1, 0.15) is 17.6 Å². The molecule has 18 heavy (non-hydrogen) atoms. The summed E-state index contributed by atoms with van der Waals surface area (Å²) in [5, 5.41) is 11.3. The summed E-state index contributed by atoms with van der Waals surface area (Å²) in [4.78, 5) is 4.43. The second-order valence-corrected chi connectivity index (χ2v) is 4.21. The molecule has 0 aliphatic carbocycles. The zero-order chi connectivity index (χ0) is 12.7. The molecule has 0 aliphatic rings. The molecule has 2 aromatic heterocycles. The fourth-order valence-corrected chi connectivity index (χ4v) is 2.09. The minimum Gasteiger partial charge on any atom is -0.495 e. The maximum Gasteiger partial charge on any atom is 0.230 e. The highest BCUT2D eigenvalue weighted by Crippen LogP contribution is 2.35. The molecule has 3 rings (SSSR count). The number of hydrogen-bond acceptors (Lipinski definition) is 4. The van der Waals surface area contributed by atoms with Gasteiger partial charge >= 0.3 is 0 Å². The molecule has 4 heteroatoms. The Morgan fingerprint density at radius 3 is 2.78 bits per heavy atom. The van der Waals surface area contributed by atoms with Crippen molar-refractivity contribution in [3.63, 3.8) is 0 Å². The number of aliphatic hydroxyl groups excluding tert-OH is 1. The van der Waals surface area contributed by atoms with Crippen molar-refractivity contribution >= 4 is 22.0 Å². The molecular weight excluding hydrogens is 230 g/mol. The number of pyridine rings is 1. The van der Waals surface area contributed by atoms with Gasteiger partial charge in [-0.2, -0.15) is 0 Å². The number of rotatable bonds is 2. The first-order valence-electron chi connectivity index (χ1n) is 5.75. The van der Waals surface area contributed by atoms with Crippen molar-refractivity contribution < 1.29 is 14.3 Å². The van der Waals surface area contributed by atoms with Crippen LogP contribution in [0.15, 0.2) is 34.7 Å². The van der Waals surface area contributed by atoms with E-state index in [1.54, 1.807) is 20.1 Å². The highest BCUT2D eigenvalue weighted by Gasteiger charge is 2.16. The molecular formula is C14H13NO3. The van der Waals surface area contributed by atoms with Crippen molar-refractivity contribution in [1.82, 2.24) is 4.98 Å². The van der Waals surface area contributed by atoms with E-state index in [1.807, 2.05) is 24.3 Å². The van der Waals surface area contributed by atoms with Crippen LogP contribution in [-0.2, 0) is 0 Å². The Labute approximate surface area is 104 Å². The number of furan rings is 1. The summed E-state index contributed by atoms with van der Waals surface area (Å²) >= 11 is 0. The molecule has 1 atom stereocenters. The van der Waals surface area contributed by atoms with E-state index in [0.29, 0.717) is 11.5 Å². The molecule has 3 aromatic rings. The third-order valence-electron chi connectivity index (χ3n) is 2.96.